The van der Waals surface area contributed by atoms with Crippen LogP contribution in [0.15, 0.2) is 18.7 Å². The van der Waals surface area contributed by atoms with Crippen LogP contribution in [0.2, 0.25) is 0 Å². The van der Waals surface area contributed by atoms with Gasteiger partial charge >= 0.3 is 0 Å². The molecule has 0 aliphatic carbocycles. The van der Waals surface area contributed by atoms with Gasteiger partial charge in [-0.25, -0.2) is 4.98 Å². The summed E-state index contributed by atoms with van der Waals surface area (Å²) in [5.41, 5.74) is 0. The van der Waals surface area contributed by atoms with E-state index >= 15 is 0 Å². The van der Waals surface area contributed by atoms with E-state index in [2.05, 4.69) is 40.0 Å². The van der Waals surface area contributed by atoms with E-state index in [-0.39, 0.29) is 12.6 Å². The maximum Gasteiger partial charge on any atom is 0.231 e. The minimum absolute atomic E-state index is 0.0320. The smallest absolute Gasteiger partial charge is 0.231 e. The lowest BCUT2D eigenvalue weighted by atomic mass is 10.1. The first-order valence-corrected chi connectivity index (χ1v) is 8.75. The molecule has 0 spiro atoms. The summed E-state index contributed by atoms with van der Waals surface area (Å²) in [4.78, 5) is 19.8. The summed E-state index contributed by atoms with van der Waals surface area (Å²) in [6, 6.07) is 0.703. The van der Waals surface area contributed by atoms with Crippen molar-refractivity contribution < 1.29 is 5.11 Å². The summed E-state index contributed by atoms with van der Waals surface area (Å²) in [5.74, 6) is 1.71. The van der Waals surface area contributed by atoms with E-state index in [1.807, 2.05) is 32.6 Å². The number of nitrogens with one attached hydrogen (secondary N) is 2. The molecule has 136 valence electrons. The van der Waals surface area contributed by atoms with Crippen LogP contribution in [0.3, 0.4) is 0 Å². The minimum Gasteiger partial charge on any atom is -0.395 e. The topological polar surface area (TPSA) is 104 Å². The van der Waals surface area contributed by atoms with Crippen LogP contribution >= 0.6 is 0 Å². The van der Waals surface area contributed by atoms with Gasteiger partial charge in [0, 0.05) is 44.1 Å². The fourth-order valence-corrected chi connectivity index (χ4v) is 2.93. The number of piperidine rings is 1. The van der Waals surface area contributed by atoms with Crippen molar-refractivity contribution in [1.82, 2.24) is 24.5 Å². The molecule has 25 heavy (non-hydrogen) atoms. The molecule has 0 unspecified atom stereocenters. The Hall–Kier alpha value is -2.42. The van der Waals surface area contributed by atoms with E-state index in [4.69, 9.17) is 5.11 Å². The van der Waals surface area contributed by atoms with E-state index in [1.54, 1.807) is 0 Å². The second-order valence-electron chi connectivity index (χ2n) is 6.46. The zero-order valence-corrected chi connectivity index (χ0v) is 14.8. The molecule has 3 rings (SSSR count). The molecule has 0 saturated carbocycles. The number of hydrogen-bond acceptors (Lipinski definition) is 8. The number of hydrogen-bond donors (Lipinski definition) is 3. The fraction of sp³-hybridized carbons (Fsp3) is 0.625. The Kier molecular flexibility index (Phi) is 5.64. The van der Waals surface area contributed by atoms with Gasteiger partial charge in [0.25, 0.3) is 0 Å². The first-order chi connectivity index (χ1) is 12.2. The van der Waals surface area contributed by atoms with Gasteiger partial charge < -0.3 is 25.2 Å². The Morgan fingerprint density at radius 1 is 1.20 bits per heavy atom. The molecule has 3 heterocycles. The lowest BCUT2D eigenvalue weighted by molar-refractivity contribution is 0.310. The second-order valence-corrected chi connectivity index (χ2v) is 6.46. The van der Waals surface area contributed by atoms with Gasteiger partial charge in [-0.15, -0.1) is 0 Å². The van der Waals surface area contributed by atoms with Crippen molar-refractivity contribution in [3.63, 3.8) is 0 Å². The SMILES string of the molecule is CC(C)Nc1nc(NCCO)nc(N2CCC(n3ccnc3)CC2)n1. The first kappa shape index (κ1) is 17.4. The van der Waals surface area contributed by atoms with E-state index < -0.39 is 0 Å². The predicted octanol–water partition coefficient (Wildman–Crippen LogP) is 1.13. The molecular formula is C16H26N8O. The van der Waals surface area contributed by atoms with Crippen LogP contribution in [0.4, 0.5) is 17.8 Å². The van der Waals surface area contributed by atoms with Crippen LogP contribution in [-0.4, -0.2) is 61.9 Å². The molecule has 1 aliphatic rings. The molecule has 3 N–H and O–H groups in total. The lowest BCUT2D eigenvalue weighted by Gasteiger charge is -2.32. The van der Waals surface area contributed by atoms with Gasteiger partial charge in [0.05, 0.1) is 12.9 Å². The van der Waals surface area contributed by atoms with Gasteiger partial charge in [0.1, 0.15) is 0 Å². The van der Waals surface area contributed by atoms with Crippen LogP contribution in [0, 0.1) is 0 Å². The molecule has 1 aliphatic heterocycles. The van der Waals surface area contributed by atoms with Crippen molar-refractivity contribution in [3.05, 3.63) is 18.7 Å². The Morgan fingerprint density at radius 3 is 2.60 bits per heavy atom. The zero-order chi connectivity index (χ0) is 17.6. The number of aliphatic hydroxyl groups excluding tert-OH is 1. The summed E-state index contributed by atoms with van der Waals surface area (Å²) in [6.07, 6.45) is 7.76. The summed E-state index contributed by atoms with van der Waals surface area (Å²) in [5, 5.41) is 15.3. The predicted molar refractivity (Wildman–Crippen MR) is 96.9 cm³/mol. The molecule has 1 fully saturated rings. The quantitative estimate of drug-likeness (QED) is 0.685. The number of nitrogens with zero attached hydrogens (tertiary/aromatic N) is 6. The summed E-state index contributed by atoms with van der Waals surface area (Å²) >= 11 is 0. The Balaban J connectivity index is 1.72. The van der Waals surface area contributed by atoms with Gasteiger partial charge in [-0.05, 0) is 26.7 Å². The van der Waals surface area contributed by atoms with Gasteiger partial charge in [-0.1, -0.05) is 0 Å². The Morgan fingerprint density at radius 2 is 1.96 bits per heavy atom. The van der Waals surface area contributed by atoms with E-state index in [1.165, 1.54) is 0 Å². The molecule has 0 bridgehead atoms. The largest absolute Gasteiger partial charge is 0.395 e. The fourth-order valence-electron chi connectivity index (χ4n) is 2.93. The van der Waals surface area contributed by atoms with Gasteiger partial charge in [0.2, 0.25) is 17.8 Å². The highest BCUT2D eigenvalue weighted by atomic mass is 16.3. The third-order valence-corrected chi connectivity index (χ3v) is 4.13. The summed E-state index contributed by atoms with van der Waals surface area (Å²) in [7, 11) is 0. The molecule has 0 aromatic carbocycles. The molecule has 1 saturated heterocycles. The van der Waals surface area contributed by atoms with Crippen molar-refractivity contribution in [1.29, 1.82) is 0 Å². The number of rotatable bonds is 7. The number of aliphatic hydroxyl groups is 1. The molecule has 0 radical (unpaired) electrons. The summed E-state index contributed by atoms with van der Waals surface area (Å²) in [6.45, 7) is 6.29. The van der Waals surface area contributed by atoms with Crippen LogP contribution < -0.4 is 15.5 Å². The second kappa shape index (κ2) is 8.11. The van der Waals surface area contributed by atoms with Gasteiger partial charge in [-0.3, -0.25) is 0 Å². The van der Waals surface area contributed by atoms with Crippen LogP contribution in [0.5, 0.6) is 0 Å². The molecule has 0 amide bonds. The molecule has 2 aromatic rings. The van der Waals surface area contributed by atoms with Crippen molar-refractivity contribution in [2.45, 2.75) is 38.8 Å². The maximum absolute atomic E-state index is 9.01. The molecule has 9 heteroatoms. The monoisotopic (exact) mass is 346 g/mol. The van der Waals surface area contributed by atoms with Crippen LogP contribution in [0.25, 0.3) is 0 Å². The van der Waals surface area contributed by atoms with Crippen molar-refractivity contribution in [2.75, 3.05) is 41.8 Å². The maximum atomic E-state index is 9.01. The van der Waals surface area contributed by atoms with Crippen LogP contribution in [0.1, 0.15) is 32.7 Å². The summed E-state index contributed by atoms with van der Waals surface area (Å²) < 4.78 is 2.17. The molecule has 0 atom stereocenters. The number of aromatic nitrogens is 5. The van der Waals surface area contributed by atoms with E-state index in [9.17, 15) is 0 Å². The highest BCUT2D eigenvalue weighted by Crippen LogP contribution is 2.25. The minimum atomic E-state index is 0.0320. The first-order valence-electron chi connectivity index (χ1n) is 8.75. The average Bonchev–Trinajstić information content (AvgIpc) is 3.14. The highest BCUT2D eigenvalue weighted by Gasteiger charge is 2.23. The van der Waals surface area contributed by atoms with Crippen molar-refractivity contribution in [2.24, 2.45) is 0 Å². The van der Waals surface area contributed by atoms with Crippen molar-refractivity contribution >= 4 is 17.8 Å². The van der Waals surface area contributed by atoms with Gasteiger partial charge in [0.15, 0.2) is 0 Å². The zero-order valence-electron chi connectivity index (χ0n) is 14.8. The van der Waals surface area contributed by atoms with E-state index in [0.717, 1.165) is 25.9 Å². The number of anilines is 3. The highest BCUT2D eigenvalue weighted by molar-refractivity contribution is 5.44. The third kappa shape index (κ3) is 4.56. The standard InChI is InChI=1S/C16H26N8O/c1-12(2)19-15-20-14(18-6-10-25)21-16(22-15)23-7-3-13(4-8-23)24-9-5-17-11-24/h5,9,11-13,25H,3-4,6-8,10H2,1-2H3,(H2,18,19,20,21,22). The third-order valence-electron chi connectivity index (χ3n) is 4.13. The molecule has 2 aromatic heterocycles. The number of imidazole rings is 1. The van der Waals surface area contributed by atoms with Gasteiger partial charge in [-0.2, -0.15) is 15.0 Å². The van der Waals surface area contributed by atoms with Crippen molar-refractivity contribution in [3.8, 4) is 0 Å². The average molecular weight is 346 g/mol. The Labute approximate surface area is 147 Å². The van der Waals surface area contributed by atoms with Crippen LogP contribution in [-0.2, 0) is 0 Å². The molecular weight excluding hydrogens is 320 g/mol. The normalized spacial score (nSPS) is 15.6. The van der Waals surface area contributed by atoms with E-state index in [0.29, 0.717) is 30.4 Å². The lowest BCUT2D eigenvalue weighted by Crippen LogP contribution is -2.36. The molecule has 9 nitrogen and oxygen atoms in total. The Bertz CT molecular complexity index is 652.